The highest BCUT2D eigenvalue weighted by molar-refractivity contribution is 5.75. The Hall–Kier alpha value is -1.30. The topological polar surface area (TPSA) is 64.1 Å². The van der Waals surface area contributed by atoms with Crippen LogP contribution in [0.25, 0.3) is 0 Å². The lowest BCUT2D eigenvalue weighted by Crippen LogP contribution is -2.55. The number of carboxylic acid groups (broad SMARTS) is 1. The lowest BCUT2D eigenvalue weighted by molar-refractivity contribution is -0.138. The standard InChI is InChI=1S/C13H23N3O3/c1-10-8-16(6-5-14(10)2)13(19)15-4-3-11(9-15)7-12(17)18/h10-11H,3-9H2,1-2H3,(H,17,18). The van der Waals surface area contributed by atoms with Crippen molar-refractivity contribution in [2.45, 2.75) is 25.8 Å². The Morgan fingerprint density at radius 3 is 2.47 bits per heavy atom. The Labute approximate surface area is 114 Å². The van der Waals surface area contributed by atoms with E-state index >= 15 is 0 Å². The van der Waals surface area contributed by atoms with Gasteiger partial charge in [-0.1, -0.05) is 0 Å². The smallest absolute Gasteiger partial charge is 0.320 e. The van der Waals surface area contributed by atoms with Crippen LogP contribution in [-0.2, 0) is 4.79 Å². The second-order valence-corrected chi connectivity index (χ2v) is 5.76. The lowest BCUT2D eigenvalue weighted by Gasteiger charge is -2.39. The Morgan fingerprint density at radius 2 is 1.84 bits per heavy atom. The summed E-state index contributed by atoms with van der Waals surface area (Å²) in [7, 11) is 2.07. The number of carboxylic acids is 1. The summed E-state index contributed by atoms with van der Waals surface area (Å²) in [5.41, 5.74) is 0. The first-order chi connectivity index (χ1) is 8.97. The number of urea groups is 1. The highest BCUT2D eigenvalue weighted by Crippen LogP contribution is 2.21. The number of nitrogens with zero attached hydrogens (tertiary/aromatic N) is 3. The summed E-state index contributed by atoms with van der Waals surface area (Å²) in [6, 6.07) is 0.461. The van der Waals surface area contributed by atoms with Crippen LogP contribution in [-0.4, -0.2) is 77.6 Å². The predicted molar refractivity (Wildman–Crippen MR) is 71.0 cm³/mol. The van der Waals surface area contributed by atoms with Crippen molar-refractivity contribution in [3.05, 3.63) is 0 Å². The molecule has 0 spiro atoms. The molecule has 0 aromatic rings. The highest BCUT2D eigenvalue weighted by atomic mass is 16.4. The van der Waals surface area contributed by atoms with Gasteiger partial charge < -0.3 is 19.8 Å². The zero-order valence-electron chi connectivity index (χ0n) is 11.7. The molecule has 1 N–H and O–H groups in total. The highest BCUT2D eigenvalue weighted by Gasteiger charge is 2.32. The predicted octanol–water partition coefficient (Wildman–Crippen LogP) is 0.539. The number of hydrogen-bond acceptors (Lipinski definition) is 3. The first-order valence-corrected chi connectivity index (χ1v) is 6.93. The van der Waals surface area contributed by atoms with E-state index in [1.54, 1.807) is 0 Å². The van der Waals surface area contributed by atoms with Crippen LogP contribution in [0.2, 0.25) is 0 Å². The number of carbonyl (C=O) groups is 2. The average molecular weight is 269 g/mol. The molecule has 2 aliphatic heterocycles. The van der Waals surface area contributed by atoms with Crippen molar-refractivity contribution in [1.29, 1.82) is 0 Å². The number of piperazine rings is 1. The van der Waals surface area contributed by atoms with Crippen molar-refractivity contribution in [1.82, 2.24) is 14.7 Å². The van der Waals surface area contributed by atoms with Gasteiger partial charge in [0.1, 0.15) is 0 Å². The van der Waals surface area contributed by atoms with Gasteiger partial charge in [-0.05, 0) is 26.3 Å². The fraction of sp³-hybridized carbons (Fsp3) is 0.846. The molecule has 108 valence electrons. The zero-order valence-corrected chi connectivity index (χ0v) is 11.7. The van der Waals surface area contributed by atoms with E-state index in [9.17, 15) is 9.59 Å². The van der Waals surface area contributed by atoms with Gasteiger partial charge in [-0.25, -0.2) is 4.79 Å². The number of carbonyl (C=O) groups excluding carboxylic acids is 1. The third-order valence-corrected chi connectivity index (χ3v) is 4.25. The maximum Gasteiger partial charge on any atom is 0.320 e. The molecular weight excluding hydrogens is 246 g/mol. The summed E-state index contributed by atoms with van der Waals surface area (Å²) >= 11 is 0. The molecule has 0 saturated carbocycles. The van der Waals surface area contributed by atoms with E-state index in [0.717, 1.165) is 26.1 Å². The van der Waals surface area contributed by atoms with Gasteiger partial charge in [0.15, 0.2) is 0 Å². The number of likely N-dealkylation sites (N-methyl/N-ethyl adjacent to an activating group) is 1. The van der Waals surface area contributed by atoms with Crippen LogP contribution >= 0.6 is 0 Å². The van der Waals surface area contributed by atoms with Gasteiger partial charge in [0.05, 0.1) is 0 Å². The summed E-state index contributed by atoms with van der Waals surface area (Å²) in [4.78, 5) is 29.0. The first-order valence-electron chi connectivity index (χ1n) is 6.93. The third kappa shape index (κ3) is 3.37. The fourth-order valence-corrected chi connectivity index (χ4v) is 2.84. The summed E-state index contributed by atoms with van der Waals surface area (Å²) in [6.07, 6.45) is 0.976. The van der Waals surface area contributed by atoms with Crippen LogP contribution < -0.4 is 0 Å². The van der Waals surface area contributed by atoms with Crippen molar-refractivity contribution >= 4 is 12.0 Å². The summed E-state index contributed by atoms with van der Waals surface area (Å²) in [5.74, 6) is -0.654. The van der Waals surface area contributed by atoms with E-state index in [1.165, 1.54) is 0 Å². The van der Waals surface area contributed by atoms with Gasteiger partial charge in [0.25, 0.3) is 0 Å². The molecule has 6 nitrogen and oxygen atoms in total. The van der Waals surface area contributed by atoms with E-state index in [0.29, 0.717) is 19.1 Å². The molecule has 2 rings (SSSR count). The Morgan fingerprint density at radius 1 is 1.16 bits per heavy atom. The molecule has 0 bridgehead atoms. The molecule has 2 saturated heterocycles. The quantitative estimate of drug-likeness (QED) is 0.794. The van der Waals surface area contributed by atoms with Crippen molar-refractivity contribution in [3.8, 4) is 0 Å². The lowest BCUT2D eigenvalue weighted by atomic mass is 10.1. The third-order valence-electron chi connectivity index (χ3n) is 4.25. The van der Waals surface area contributed by atoms with Gasteiger partial charge in [0, 0.05) is 45.2 Å². The second-order valence-electron chi connectivity index (χ2n) is 5.76. The number of aliphatic carboxylic acids is 1. The van der Waals surface area contributed by atoms with E-state index in [4.69, 9.17) is 5.11 Å². The minimum Gasteiger partial charge on any atom is -0.481 e. The Kier molecular flexibility index (Phi) is 4.29. The molecular formula is C13H23N3O3. The van der Waals surface area contributed by atoms with Crippen LogP contribution in [0.3, 0.4) is 0 Å². The number of likely N-dealkylation sites (tertiary alicyclic amines) is 1. The molecule has 0 aromatic carbocycles. The minimum atomic E-state index is -0.771. The van der Waals surface area contributed by atoms with Crippen LogP contribution in [0.4, 0.5) is 4.79 Å². The molecule has 2 amide bonds. The van der Waals surface area contributed by atoms with Crippen molar-refractivity contribution < 1.29 is 14.7 Å². The van der Waals surface area contributed by atoms with Gasteiger partial charge in [-0.2, -0.15) is 0 Å². The molecule has 2 unspecified atom stereocenters. The molecule has 2 atom stereocenters. The molecule has 0 radical (unpaired) electrons. The van der Waals surface area contributed by atoms with E-state index < -0.39 is 5.97 Å². The molecule has 2 aliphatic rings. The van der Waals surface area contributed by atoms with Gasteiger partial charge in [0.2, 0.25) is 0 Å². The van der Waals surface area contributed by atoms with Gasteiger partial charge in [-0.3, -0.25) is 4.79 Å². The maximum absolute atomic E-state index is 12.4. The Balaban J connectivity index is 1.86. The maximum atomic E-state index is 12.4. The van der Waals surface area contributed by atoms with Gasteiger partial charge >= 0.3 is 12.0 Å². The van der Waals surface area contributed by atoms with Crippen LogP contribution in [0, 0.1) is 5.92 Å². The fourth-order valence-electron chi connectivity index (χ4n) is 2.84. The molecule has 2 heterocycles. The minimum absolute atomic E-state index is 0.0767. The van der Waals surface area contributed by atoms with Crippen molar-refractivity contribution in [2.24, 2.45) is 5.92 Å². The number of rotatable bonds is 2. The largest absolute Gasteiger partial charge is 0.481 e. The van der Waals surface area contributed by atoms with Crippen LogP contribution in [0.1, 0.15) is 19.8 Å². The Bertz CT molecular complexity index is 361. The molecule has 6 heteroatoms. The van der Waals surface area contributed by atoms with E-state index in [2.05, 4.69) is 18.9 Å². The normalized spacial score (nSPS) is 28.7. The van der Waals surface area contributed by atoms with Crippen molar-refractivity contribution in [2.75, 3.05) is 39.8 Å². The van der Waals surface area contributed by atoms with Gasteiger partial charge in [-0.15, -0.1) is 0 Å². The van der Waals surface area contributed by atoms with Crippen molar-refractivity contribution in [3.63, 3.8) is 0 Å². The number of amides is 2. The van der Waals surface area contributed by atoms with Crippen LogP contribution in [0.15, 0.2) is 0 Å². The summed E-state index contributed by atoms with van der Waals surface area (Å²) in [5, 5.41) is 8.79. The average Bonchev–Trinajstić information content (AvgIpc) is 2.79. The van der Waals surface area contributed by atoms with Crippen LogP contribution in [0.5, 0.6) is 0 Å². The summed E-state index contributed by atoms with van der Waals surface area (Å²) in [6.45, 7) is 5.83. The monoisotopic (exact) mass is 269 g/mol. The van der Waals surface area contributed by atoms with E-state index in [1.807, 2.05) is 9.80 Å². The molecule has 2 fully saturated rings. The second kappa shape index (κ2) is 5.77. The zero-order chi connectivity index (χ0) is 14.0. The molecule has 0 aromatic heterocycles. The number of hydrogen-bond donors (Lipinski definition) is 1. The molecule has 19 heavy (non-hydrogen) atoms. The van der Waals surface area contributed by atoms with E-state index in [-0.39, 0.29) is 18.4 Å². The summed E-state index contributed by atoms with van der Waals surface area (Å²) < 4.78 is 0. The first kappa shape index (κ1) is 14.1. The molecule has 0 aliphatic carbocycles. The SMILES string of the molecule is CC1CN(C(=O)N2CCC(CC(=O)O)C2)CCN1C.